The predicted molar refractivity (Wildman–Crippen MR) is 105 cm³/mol. The first-order chi connectivity index (χ1) is 15.4. The number of ether oxygens (including phenoxy) is 1. The van der Waals surface area contributed by atoms with E-state index in [4.69, 9.17) is 5.11 Å². The average Bonchev–Trinajstić information content (AvgIpc) is 3.21. The minimum absolute atomic E-state index is 0.0117. The summed E-state index contributed by atoms with van der Waals surface area (Å²) in [6.07, 6.45) is -4.41. The summed E-state index contributed by atoms with van der Waals surface area (Å²) < 4.78 is 40.4. The van der Waals surface area contributed by atoms with E-state index < -0.39 is 60.3 Å². The fraction of sp³-hybridized carbons (Fsp3) is 0.450. The molecule has 3 atom stereocenters. The maximum absolute atomic E-state index is 12.8. The van der Waals surface area contributed by atoms with Gasteiger partial charge in [0.1, 0.15) is 24.1 Å². The topological polar surface area (TPSA) is 142 Å². The minimum Gasteiger partial charge on any atom is -0.481 e. The Bertz CT molecular complexity index is 905. The number of aldehydes is 1. The second-order valence-corrected chi connectivity index (χ2v) is 7.31. The fourth-order valence-electron chi connectivity index (χ4n) is 3.30. The summed E-state index contributed by atoms with van der Waals surface area (Å²) in [6.45, 7) is 1.60. The number of nitrogens with zero attached hydrogens (tertiary/aromatic N) is 1. The van der Waals surface area contributed by atoms with Crippen LogP contribution >= 0.6 is 0 Å². The lowest BCUT2D eigenvalue weighted by molar-refractivity contribution is -0.274. The molecular weight excluding hydrogens is 451 g/mol. The highest BCUT2D eigenvalue weighted by Crippen LogP contribution is 2.23. The molecular formula is C20H22F3N3O7. The molecule has 1 heterocycles. The monoisotopic (exact) mass is 473 g/mol. The van der Waals surface area contributed by atoms with Gasteiger partial charge in [0.05, 0.1) is 12.5 Å². The van der Waals surface area contributed by atoms with Crippen LogP contribution in [0.15, 0.2) is 24.3 Å². The highest BCUT2D eigenvalue weighted by atomic mass is 19.4. The third-order valence-corrected chi connectivity index (χ3v) is 4.79. The van der Waals surface area contributed by atoms with Crippen molar-refractivity contribution in [2.24, 2.45) is 0 Å². The Morgan fingerprint density at radius 1 is 1.21 bits per heavy atom. The molecule has 1 aromatic rings. The molecule has 0 aromatic heterocycles. The van der Waals surface area contributed by atoms with Crippen molar-refractivity contribution in [2.45, 2.75) is 50.7 Å². The van der Waals surface area contributed by atoms with Gasteiger partial charge < -0.3 is 30.2 Å². The van der Waals surface area contributed by atoms with Crippen molar-refractivity contribution >= 4 is 30.0 Å². The van der Waals surface area contributed by atoms with Crippen LogP contribution in [0.1, 0.15) is 36.5 Å². The van der Waals surface area contributed by atoms with Crippen LogP contribution in [0.25, 0.3) is 0 Å². The van der Waals surface area contributed by atoms with E-state index in [0.717, 1.165) is 24.3 Å². The van der Waals surface area contributed by atoms with Crippen molar-refractivity contribution in [1.82, 2.24) is 15.5 Å². The lowest BCUT2D eigenvalue weighted by Gasteiger charge is -2.27. The van der Waals surface area contributed by atoms with Crippen molar-refractivity contribution < 1.29 is 47.0 Å². The van der Waals surface area contributed by atoms with E-state index in [1.165, 1.54) is 11.8 Å². The van der Waals surface area contributed by atoms with Gasteiger partial charge in [0.2, 0.25) is 11.8 Å². The van der Waals surface area contributed by atoms with Gasteiger partial charge in [-0.2, -0.15) is 0 Å². The lowest BCUT2D eigenvalue weighted by atomic mass is 10.1. The zero-order valence-electron chi connectivity index (χ0n) is 17.4. The Labute approximate surface area is 186 Å². The first-order valence-electron chi connectivity index (χ1n) is 9.86. The summed E-state index contributed by atoms with van der Waals surface area (Å²) in [4.78, 5) is 60.6. The van der Waals surface area contributed by atoms with Gasteiger partial charge in [0, 0.05) is 12.1 Å². The number of carboxylic acid groups (broad SMARTS) is 1. The first kappa shape index (κ1) is 25.6. The minimum atomic E-state index is -4.87. The molecule has 10 nitrogen and oxygen atoms in total. The van der Waals surface area contributed by atoms with Crippen LogP contribution in [-0.2, 0) is 19.2 Å². The second-order valence-electron chi connectivity index (χ2n) is 7.31. The quantitative estimate of drug-likeness (QED) is 0.452. The number of amides is 3. The number of hydrogen-bond donors (Lipinski definition) is 3. The number of carboxylic acids is 1. The van der Waals surface area contributed by atoms with E-state index in [0.29, 0.717) is 12.7 Å². The molecule has 13 heteroatoms. The Balaban J connectivity index is 1.98. The molecule has 1 aliphatic heterocycles. The highest BCUT2D eigenvalue weighted by Gasteiger charge is 2.37. The van der Waals surface area contributed by atoms with Gasteiger partial charge in [0.25, 0.3) is 5.91 Å². The summed E-state index contributed by atoms with van der Waals surface area (Å²) in [6, 6.07) is 0.856. The van der Waals surface area contributed by atoms with Crippen molar-refractivity contribution in [1.29, 1.82) is 0 Å². The SMILES string of the molecule is C[C@H](NC(=O)c1ccc(OC(F)(F)F)cc1)C(=O)N1CCC[C@H]1C(=O)NC(C=O)CC(=O)O. The molecule has 0 radical (unpaired) electrons. The maximum Gasteiger partial charge on any atom is 0.573 e. The number of alkyl halides is 3. The first-order valence-corrected chi connectivity index (χ1v) is 9.86. The van der Waals surface area contributed by atoms with Crippen LogP contribution < -0.4 is 15.4 Å². The third-order valence-electron chi connectivity index (χ3n) is 4.79. The number of benzene rings is 1. The summed E-state index contributed by atoms with van der Waals surface area (Å²) in [5, 5.41) is 13.5. The number of hydrogen-bond acceptors (Lipinski definition) is 6. The molecule has 0 saturated carbocycles. The van der Waals surface area contributed by atoms with E-state index in [-0.39, 0.29) is 18.5 Å². The van der Waals surface area contributed by atoms with Crippen molar-refractivity contribution in [2.75, 3.05) is 6.54 Å². The second kappa shape index (κ2) is 10.8. The number of halogens is 3. The molecule has 180 valence electrons. The van der Waals surface area contributed by atoms with Gasteiger partial charge in [-0.15, -0.1) is 13.2 Å². The summed E-state index contributed by atoms with van der Waals surface area (Å²) >= 11 is 0. The number of likely N-dealkylation sites (tertiary alicyclic amines) is 1. The number of rotatable bonds is 9. The zero-order valence-corrected chi connectivity index (χ0v) is 17.4. The van der Waals surface area contributed by atoms with Gasteiger partial charge in [-0.1, -0.05) is 0 Å². The Morgan fingerprint density at radius 3 is 2.39 bits per heavy atom. The summed E-state index contributed by atoms with van der Waals surface area (Å²) in [7, 11) is 0. The van der Waals surface area contributed by atoms with Gasteiger partial charge in [-0.3, -0.25) is 19.2 Å². The standard InChI is InChI=1S/C20H22F3N3O7/c1-11(24-17(30)12-4-6-14(7-5-12)33-20(21,22)23)19(32)26-8-2-3-15(26)18(31)25-13(10-27)9-16(28)29/h4-7,10-11,13,15H,2-3,8-9H2,1H3,(H,24,30)(H,25,31)(H,28,29)/t11-,13?,15-/m0/s1. The zero-order chi connectivity index (χ0) is 24.8. The summed E-state index contributed by atoms with van der Waals surface area (Å²) in [5.74, 6) is -3.78. The molecule has 1 fully saturated rings. The average molecular weight is 473 g/mol. The molecule has 1 saturated heterocycles. The van der Waals surface area contributed by atoms with Crippen molar-refractivity contribution in [3.63, 3.8) is 0 Å². The van der Waals surface area contributed by atoms with Crippen LogP contribution in [0.2, 0.25) is 0 Å². The van der Waals surface area contributed by atoms with E-state index in [9.17, 15) is 37.1 Å². The smallest absolute Gasteiger partial charge is 0.481 e. The van der Waals surface area contributed by atoms with Gasteiger partial charge in [-0.25, -0.2) is 0 Å². The fourth-order valence-corrected chi connectivity index (χ4v) is 3.30. The van der Waals surface area contributed by atoms with Crippen LogP contribution in [0, 0.1) is 0 Å². The molecule has 0 bridgehead atoms. The number of aliphatic carboxylic acids is 1. The molecule has 2 rings (SSSR count). The van der Waals surface area contributed by atoms with Crippen LogP contribution in [0.3, 0.4) is 0 Å². The normalized spacial score (nSPS) is 17.6. The number of carbonyl (C=O) groups excluding carboxylic acids is 4. The van der Waals surface area contributed by atoms with Crippen LogP contribution in [-0.4, -0.2) is 71.0 Å². The van der Waals surface area contributed by atoms with E-state index in [1.807, 2.05) is 0 Å². The van der Waals surface area contributed by atoms with Gasteiger partial charge >= 0.3 is 12.3 Å². The largest absolute Gasteiger partial charge is 0.573 e. The van der Waals surface area contributed by atoms with Crippen LogP contribution in [0.5, 0.6) is 5.75 Å². The Hall–Kier alpha value is -3.64. The van der Waals surface area contributed by atoms with E-state index in [1.54, 1.807) is 0 Å². The predicted octanol–water partition coefficient (Wildman–Crippen LogP) is 0.853. The van der Waals surface area contributed by atoms with Crippen LogP contribution in [0.4, 0.5) is 13.2 Å². The molecule has 33 heavy (non-hydrogen) atoms. The van der Waals surface area contributed by atoms with E-state index >= 15 is 0 Å². The molecule has 1 aromatic carbocycles. The van der Waals surface area contributed by atoms with Gasteiger partial charge in [-0.05, 0) is 44.0 Å². The molecule has 3 amide bonds. The molecule has 3 N–H and O–H groups in total. The Morgan fingerprint density at radius 2 is 1.85 bits per heavy atom. The van der Waals surface area contributed by atoms with E-state index in [2.05, 4.69) is 15.4 Å². The molecule has 0 spiro atoms. The molecule has 1 aliphatic rings. The Kier molecular flexibility index (Phi) is 8.38. The number of nitrogens with one attached hydrogen (secondary N) is 2. The third kappa shape index (κ3) is 7.47. The summed E-state index contributed by atoms with van der Waals surface area (Å²) in [5.41, 5.74) is -0.0117. The maximum atomic E-state index is 12.8. The molecule has 0 aliphatic carbocycles. The van der Waals surface area contributed by atoms with Crippen molar-refractivity contribution in [3.8, 4) is 5.75 Å². The highest BCUT2D eigenvalue weighted by molar-refractivity contribution is 5.98. The van der Waals surface area contributed by atoms with Gasteiger partial charge in [0.15, 0.2) is 0 Å². The number of carbonyl (C=O) groups is 5. The van der Waals surface area contributed by atoms with Crippen molar-refractivity contribution in [3.05, 3.63) is 29.8 Å². The lowest BCUT2D eigenvalue weighted by Crippen LogP contribution is -2.54. The molecule has 1 unspecified atom stereocenters.